The van der Waals surface area contributed by atoms with Gasteiger partial charge in [-0.15, -0.1) is 0 Å². The molecule has 2 aliphatic carbocycles. The summed E-state index contributed by atoms with van der Waals surface area (Å²) in [4.78, 5) is 16.3. The van der Waals surface area contributed by atoms with Crippen LogP contribution in [-0.4, -0.2) is 24.6 Å². The van der Waals surface area contributed by atoms with E-state index >= 15 is 0 Å². The van der Waals surface area contributed by atoms with Crippen molar-refractivity contribution in [2.24, 2.45) is 10.9 Å². The summed E-state index contributed by atoms with van der Waals surface area (Å²) < 4.78 is 27.7. The first-order valence-electron chi connectivity index (χ1n) is 6.26. The van der Waals surface area contributed by atoms with Gasteiger partial charge >= 0.3 is 33.9 Å². The molecule has 0 aromatic carbocycles. The Morgan fingerprint density at radius 2 is 1.71 bits per heavy atom. The van der Waals surface area contributed by atoms with Gasteiger partial charge in [-0.2, -0.15) is 0 Å². The number of hydrogen-bond acceptors (Lipinski definition) is 3. The van der Waals surface area contributed by atoms with Gasteiger partial charge in [0.15, 0.2) is 5.78 Å². The minimum atomic E-state index is 0. The van der Waals surface area contributed by atoms with Gasteiger partial charge in [-0.05, 0) is 42.4 Å². The molecule has 0 aromatic heterocycles. The molecule has 3 rings (SSSR count). The zero-order chi connectivity index (χ0) is 18.0. The second-order valence-electron chi connectivity index (χ2n) is 4.45. The van der Waals surface area contributed by atoms with Gasteiger partial charge in [0.2, 0.25) is 0 Å². The molecule has 0 bridgehead atoms. The Bertz CT molecular complexity index is 663. The second-order valence-corrected chi connectivity index (χ2v) is 4.45. The fraction of sp³-hybridized carbons (Fsp3) is 0.235. The van der Waals surface area contributed by atoms with Gasteiger partial charge in [0.1, 0.15) is 5.76 Å². The van der Waals surface area contributed by atoms with E-state index in [4.69, 9.17) is 18.7 Å². The molecule has 3 aliphatic rings. The van der Waals surface area contributed by atoms with E-state index in [0.29, 0.717) is 0 Å². The van der Waals surface area contributed by atoms with Gasteiger partial charge in [0, 0.05) is 23.0 Å². The standard InChI is InChI=1S/C14H13NO2.3CO.Fe/c1-8-5-12-11(7-14(8)16)10-4-3-9(17-2)6-13(10)15-12;3*1-2;/h3-7,10,13H,1-2H3;;;;/t10-,13-;;;;/m0..../s1. The Hall–Kier alpha value is -2.16. The average Bonchev–Trinajstić information content (AvgIpc) is 2.97. The molecule has 6 nitrogen and oxygen atoms in total. The Balaban J connectivity index is 0. The molecule has 0 amide bonds. The van der Waals surface area contributed by atoms with Crippen LogP contribution in [0.5, 0.6) is 0 Å². The first kappa shape index (κ1) is 24.1. The smallest absolute Gasteiger partial charge is 0 e. The number of allylic oxidation sites excluding steroid dienone is 4. The molecule has 0 radical (unpaired) electrons. The van der Waals surface area contributed by atoms with Crippen molar-refractivity contribution in [1.82, 2.24) is 0 Å². The van der Waals surface area contributed by atoms with Crippen molar-refractivity contribution >= 4 is 11.5 Å². The van der Waals surface area contributed by atoms with E-state index in [9.17, 15) is 4.79 Å². The number of rotatable bonds is 1. The summed E-state index contributed by atoms with van der Waals surface area (Å²) in [5.41, 5.74) is 2.73. The van der Waals surface area contributed by atoms with Crippen LogP contribution in [0.3, 0.4) is 0 Å². The number of ketones is 1. The molecule has 0 fully saturated rings. The summed E-state index contributed by atoms with van der Waals surface area (Å²) in [5, 5.41) is 0. The largest absolute Gasteiger partial charge is 0 e. The maximum atomic E-state index is 11.7. The molecular weight excluding hydrogens is 354 g/mol. The van der Waals surface area contributed by atoms with Crippen LogP contribution in [-0.2, 0) is 40.6 Å². The predicted molar refractivity (Wildman–Crippen MR) is 77.6 cm³/mol. The van der Waals surface area contributed by atoms with Crippen LogP contribution in [0.1, 0.15) is 6.92 Å². The van der Waals surface area contributed by atoms with Gasteiger partial charge in [-0.1, -0.05) is 6.08 Å². The van der Waals surface area contributed by atoms with Crippen LogP contribution >= 0.6 is 0 Å². The molecule has 0 saturated carbocycles. The topological polar surface area (TPSA) is 98.4 Å². The molecule has 1 heterocycles. The van der Waals surface area contributed by atoms with Crippen molar-refractivity contribution in [1.29, 1.82) is 0 Å². The first-order valence-corrected chi connectivity index (χ1v) is 6.26. The fourth-order valence-corrected chi connectivity index (χ4v) is 2.41. The van der Waals surface area contributed by atoms with Crippen LogP contribution in [0.4, 0.5) is 0 Å². The number of nitrogens with zero attached hydrogens (tertiary/aromatic N) is 1. The Labute approximate surface area is 150 Å². The van der Waals surface area contributed by atoms with E-state index in [1.54, 1.807) is 13.2 Å². The molecular formula is C17H13FeNO5. The predicted octanol–water partition coefficient (Wildman–Crippen LogP) is 1.87. The third-order valence-electron chi connectivity index (χ3n) is 3.38. The summed E-state index contributed by atoms with van der Waals surface area (Å²) >= 11 is 0. The SMILES string of the molecule is COC1=C[C@@H]2N=C3C=C(C)C(=O)C=C3[C@@H]2C=C1.[C-]#[O+].[C-]#[O+].[C-]#[O+].[Fe]. The van der Waals surface area contributed by atoms with Crippen molar-refractivity contribution < 1.29 is 40.6 Å². The summed E-state index contributed by atoms with van der Waals surface area (Å²) in [5.74, 6) is 1.12. The molecule has 7 heteroatoms. The number of carbonyl (C=O) groups is 1. The maximum Gasteiger partial charge on any atom is 0 e. The van der Waals surface area contributed by atoms with Crippen LogP contribution in [0.25, 0.3) is 0 Å². The maximum absolute atomic E-state index is 11.7. The zero-order valence-corrected chi connectivity index (χ0v) is 14.0. The molecule has 0 N–H and O–H groups in total. The van der Waals surface area contributed by atoms with Crippen molar-refractivity contribution in [2.75, 3.05) is 7.11 Å². The van der Waals surface area contributed by atoms with Crippen LogP contribution in [0.15, 0.2) is 52.3 Å². The van der Waals surface area contributed by atoms with Crippen LogP contribution in [0.2, 0.25) is 0 Å². The normalized spacial score (nSPS) is 21.4. The molecule has 1 aliphatic heterocycles. The van der Waals surface area contributed by atoms with E-state index < -0.39 is 0 Å². The molecule has 0 saturated heterocycles. The Morgan fingerprint density at radius 3 is 2.25 bits per heavy atom. The Kier molecular flexibility index (Phi) is 12.3. The summed E-state index contributed by atoms with van der Waals surface area (Å²) in [7, 11) is 1.65. The quantitative estimate of drug-likeness (QED) is 0.306. The summed E-state index contributed by atoms with van der Waals surface area (Å²) in [6.45, 7) is 15.3. The summed E-state index contributed by atoms with van der Waals surface area (Å²) in [6.07, 6.45) is 9.60. The van der Waals surface area contributed by atoms with Crippen LogP contribution < -0.4 is 0 Å². The second kappa shape index (κ2) is 12.3. The van der Waals surface area contributed by atoms with Gasteiger partial charge < -0.3 is 4.74 Å². The minimum absolute atomic E-state index is 0. The van der Waals surface area contributed by atoms with Crippen molar-refractivity contribution in [2.45, 2.75) is 13.0 Å². The van der Waals surface area contributed by atoms with E-state index in [-0.39, 0.29) is 34.8 Å². The number of fused-ring (bicyclic) bond motifs is 3. The number of carbonyl (C=O) groups excluding carboxylic acids is 1. The van der Waals surface area contributed by atoms with Crippen molar-refractivity contribution in [3.8, 4) is 0 Å². The molecule has 0 unspecified atom stereocenters. The third-order valence-corrected chi connectivity index (χ3v) is 3.38. The number of ether oxygens (including phenoxy) is 1. The van der Waals surface area contributed by atoms with Crippen LogP contribution in [0, 0.1) is 25.9 Å². The van der Waals surface area contributed by atoms with E-state index in [0.717, 1.165) is 22.6 Å². The van der Waals surface area contributed by atoms with Gasteiger partial charge in [0.05, 0.1) is 18.9 Å². The zero-order valence-electron chi connectivity index (χ0n) is 12.9. The van der Waals surface area contributed by atoms with Gasteiger partial charge in [0.25, 0.3) is 0 Å². The Morgan fingerprint density at radius 1 is 1.12 bits per heavy atom. The fourth-order valence-electron chi connectivity index (χ4n) is 2.41. The van der Waals surface area contributed by atoms with Gasteiger partial charge in [-0.25, -0.2) is 0 Å². The molecule has 2 atom stereocenters. The molecule has 124 valence electrons. The van der Waals surface area contributed by atoms with Crippen molar-refractivity contribution in [3.05, 3.63) is 67.2 Å². The summed E-state index contributed by atoms with van der Waals surface area (Å²) in [6, 6.07) is 0.0751. The van der Waals surface area contributed by atoms with E-state index in [2.05, 4.69) is 31.0 Å². The third kappa shape index (κ3) is 5.19. The van der Waals surface area contributed by atoms with Crippen molar-refractivity contribution in [3.63, 3.8) is 0 Å². The van der Waals surface area contributed by atoms with E-state index in [1.807, 2.05) is 25.2 Å². The van der Waals surface area contributed by atoms with Gasteiger partial charge in [-0.3, -0.25) is 9.79 Å². The molecule has 24 heavy (non-hydrogen) atoms. The number of aliphatic imine (C=N–C) groups is 1. The van der Waals surface area contributed by atoms with E-state index in [1.165, 1.54) is 0 Å². The number of methoxy groups -OCH3 is 1. The molecule has 0 spiro atoms. The average molecular weight is 367 g/mol. The minimum Gasteiger partial charge on any atom is 0 e. The first-order chi connectivity index (χ1) is 11.2. The number of hydrogen-bond donors (Lipinski definition) is 0. The monoisotopic (exact) mass is 367 g/mol. The molecule has 0 aromatic rings.